The molecule has 0 saturated carbocycles. The number of allylic oxidation sites excluding steroid dienone is 2. The SMILES string of the molecule is CCC(CC)C(=O)/C=C(\O)C(CC)CC.[CH2-][n+]1ccc(-c2nccc3c(CC(C)C)csc23)cc1-c1[c-]c2ccccc2c(C(C)(C)C)c1.[Ir]. The molecule has 0 bridgehead atoms. The van der Waals surface area contributed by atoms with Crippen molar-refractivity contribution in [3.63, 3.8) is 0 Å². The summed E-state index contributed by atoms with van der Waals surface area (Å²) in [6.45, 7) is 19.4. The summed E-state index contributed by atoms with van der Waals surface area (Å²) in [5.74, 6) is 1.18. The molecule has 0 aliphatic heterocycles. The van der Waals surface area contributed by atoms with E-state index in [1.165, 1.54) is 32.7 Å². The second-order valence-corrected chi connectivity index (χ2v) is 15.4. The number of carbonyl (C=O) groups is 1. The molecular formula is C44H55IrN2O2S-. The number of pyridine rings is 2. The van der Waals surface area contributed by atoms with Gasteiger partial charge in [0.1, 0.15) is 5.69 Å². The van der Waals surface area contributed by atoms with Crippen LogP contribution in [0.25, 0.3) is 43.4 Å². The summed E-state index contributed by atoms with van der Waals surface area (Å²) < 4.78 is 3.19. The van der Waals surface area contributed by atoms with E-state index in [2.05, 4.69) is 102 Å². The maximum atomic E-state index is 11.7. The van der Waals surface area contributed by atoms with Crippen LogP contribution in [-0.2, 0) is 36.7 Å². The first-order valence-electron chi connectivity index (χ1n) is 17.9. The van der Waals surface area contributed by atoms with Gasteiger partial charge in [0.25, 0.3) is 0 Å². The minimum Gasteiger partial charge on any atom is -0.512 e. The number of carbonyl (C=O) groups excluding carboxylic acids is 1. The molecule has 50 heavy (non-hydrogen) atoms. The van der Waals surface area contributed by atoms with Crippen molar-refractivity contribution >= 4 is 38.0 Å². The van der Waals surface area contributed by atoms with E-state index in [1.807, 2.05) is 44.7 Å². The van der Waals surface area contributed by atoms with Crippen LogP contribution in [0.3, 0.4) is 0 Å². The average molecular weight is 868 g/mol. The quantitative estimate of drug-likeness (QED) is 0.0623. The molecule has 0 spiro atoms. The molecular weight excluding hydrogens is 813 g/mol. The van der Waals surface area contributed by atoms with Crippen LogP contribution in [0.5, 0.6) is 0 Å². The number of hydrogen-bond acceptors (Lipinski definition) is 4. The molecule has 0 fully saturated rings. The van der Waals surface area contributed by atoms with Crippen LogP contribution >= 0.6 is 11.3 Å². The summed E-state index contributed by atoms with van der Waals surface area (Å²) >= 11 is 1.80. The van der Waals surface area contributed by atoms with Crippen molar-refractivity contribution < 1.29 is 34.6 Å². The summed E-state index contributed by atoms with van der Waals surface area (Å²) in [6.07, 6.45) is 9.97. The number of ketones is 1. The molecule has 6 heteroatoms. The number of benzene rings is 2. The number of aliphatic hydroxyl groups is 1. The van der Waals surface area contributed by atoms with Gasteiger partial charge in [-0.25, -0.2) is 0 Å². The number of aliphatic hydroxyl groups excluding tert-OH is 1. The van der Waals surface area contributed by atoms with Crippen LogP contribution in [0.1, 0.15) is 99.1 Å². The van der Waals surface area contributed by atoms with Crippen molar-refractivity contribution in [1.29, 1.82) is 0 Å². The van der Waals surface area contributed by atoms with Gasteiger partial charge in [-0.1, -0.05) is 91.5 Å². The normalized spacial score (nSPS) is 12.0. The van der Waals surface area contributed by atoms with Gasteiger partial charge < -0.3 is 9.67 Å². The Kier molecular flexibility index (Phi) is 15.0. The predicted molar refractivity (Wildman–Crippen MR) is 209 cm³/mol. The zero-order valence-electron chi connectivity index (χ0n) is 31.4. The van der Waals surface area contributed by atoms with Crippen LogP contribution in [0.15, 0.2) is 78.1 Å². The predicted octanol–water partition coefficient (Wildman–Crippen LogP) is 11.9. The third-order valence-electron chi connectivity index (χ3n) is 9.45. The van der Waals surface area contributed by atoms with Gasteiger partial charge in [-0.15, -0.1) is 40.5 Å². The smallest absolute Gasteiger partial charge is 0.162 e. The third-order valence-corrected chi connectivity index (χ3v) is 10.5. The number of thiophene rings is 1. The molecule has 269 valence electrons. The van der Waals surface area contributed by atoms with Gasteiger partial charge in [-0.2, -0.15) is 0 Å². The van der Waals surface area contributed by atoms with Crippen LogP contribution in [0.4, 0.5) is 0 Å². The standard InChI is InChI=1S/C31H31N2S.C13H24O2.Ir/c1-20(2)15-24-19-34-30-26(24)11-13-32-29(30)22-12-14-33(6)28(18-22)23-16-21-9-7-8-10-25(21)27(17-23)31(3,4)5;1-5-10(6-2)12(14)9-13(15)11(7-3)8-4;/h7-14,17-20H,6,15H2,1-5H3;9-11,14H,5-8H2,1-4H3;/q-1;;/b;12-9-;. The first kappa shape index (κ1) is 41.1. The van der Waals surface area contributed by atoms with Gasteiger partial charge in [-0.3, -0.25) is 9.78 Å². The Bertz CT molecular complexity index is 1910. The second kappa shape index (κ2) is 18.3. The molecule has 0 aliphatic carbocycles. The summed E-state index contributed by atoms with van der Waals surface area (Å²) in [5.41, 5.74) is 6.99. The van der Waals surface area contributed by atoms with E-state index in [0.29, 0.717) is 5.92 Å². The summed E-state index contributed by atoms with van der Waals surface area (Å²) in [4.78, 5) is 16.5. The van der Waals surface area contributed by atoms with Gasteiger partial charge >= 0.3 is 0 Å². The molecule has 0 unspecified atom stereocenters. The fourth-order valence-corrected chi connectivity index (χ4v) is 7.59. The van der Waals surface area contributed by atoms with Crippen LogP contribution in [0.2, 0.25) is 0 Å². The Morgan fingerprint density at radius 1 is 0.980 bits per heavy atom. The van der Waals surface area contributed by atoms with Crippen molar-refractivity contribution in [3.05, 3.63) is 102 Å². The molecule has 3 aromatic heterocycles. The van der Waals surface area contributed by atoms with E-state index in [0.717, 1.165) is 60.0 Å². The molecule has 0 atom stereocenters. The van der Waals surface area contributed by atoms with E-state index in [9.17, 15) is 9.90 Å². The van der Waals surface area contributed by atoms with Gasteiger partial charge in [0.05, 0.1) is 22.3 Å². The van der Waals surface area contributed by atoms with E-state index in [4.69, 9.17) is 4.98 Å². The molecule has 5 rings (SSSR count). The average Bonchev–Trinajstić information content (AvgIpc) is 3.47. The zero-order valence-corrected chi connectivity index (χ0v) is 34.6. The van der Waals surface area contributed by atoms with Gasteiger partial charge in [-0.05, 0) is 83.5 Å². The number of hydrogen-bond donors (Lipinski definition) is 1. The second-order valence-electron chi connectivity index (χ2n) is 14.6. The maximum absolute atomic E-state index is 11.7. The molecule has 3 heterocycles. The fraction of sp³-hybridized carbons (Fsp3) is 0.409. The molecule has 5 aromatic rings. The minimum absolute atomic E-state index is 0. The van der Waals surface area contributed by atoms with Crippen LogP contribution < -0.4 is 4.57 Å². The van der Waals surface area contributed by atoms with Crippen molar-refractivity contribution in [2.45, 2.75) is 99.8 Å². The van der Waals surface area contributed by atoms with Crippen molar-refractivity contribution in [2.24, 2.45) is 17.8 Å². The maximum Gasteiger partial charge on any atom is 0.162 e. The van der Waals surface area contributed by atoms with Crippen molar-refractivity contribution in [3.8, 4) is 22.5 Å². The number of rotatable bonds is 11. The largest absolute Gasteiger partial charge is 0.512 e. The fourth-order valence-electron chi connectivity index (χ4n) is 6.49. The number of aromatic nitrogens is 2. The number of nitrogens with zero attached hydrogens (tertiary/aromatic N) is 2. The van der Waals surface area contributed by atoms with Gasteiger partial charge in [0.2, 0.25) is 0 Å². The first-order chi connectivity index (χ1) is 23.3. The van der Waals surface area contributed by atoms with Gasteiger partial charge in [0.15, 0.2) is 5.78 Å². The van der Waals surface area contributed by atoms with E-state index >= 15 is 0 Å². The Morgan fingerprint density at radius 3 is 2.26 bits per heavy atom. The van der Waals surface area contributed by atoms with E-state index in [1.54, 1.807) is 11.3 Å². The van der Waals surface area contributed by atoms with E-state index < -0.39 is 0 Å². The Morgan fingerprint density at radius 2 is 1.64 bits per heavy atom. The van der Waals surface area contributed by atoms with Gasteiger partial charge in [0, 0.05) is 51.3 Å². The molecule has 0 aliphatic rings. The van der Waals surface area contributed by atoms with Crippen LogP contribution in [0, 0.1) is 30.9 Å². The van der Waals surface area contributed by atoms with Crippen LogP contribution in [-0.4, -0.2) is 15.9 Å². The molecule has 2 aromatic carbocycles. The zero-order chi connectivity index (χ0) is 35.9. The molecule has 0 saturated heterocycles. The monoisotopic (exact) mass is 868 g/mol. The summed E-state index contributed by atoms with van der Waals surface area (Å²) in [7, 11) is 4.28. The molecule has 4 nitrogen and oxygen atoms in total. The Hall–Kier alpha value is -3.31. The molecule has 1 radical (unpaired) electrons. The van der Waals surface area contributed by atoms with Crippen molar-refractivity contribution in [2.75, 3.05) is 0 Å². The minimum atomic E-state index is 0. The van der Waals surface area contributed by atoms with Crippen molar-refractivity contribution in [1.82, 2.24) is 4.98 Å². The third kappa shape index (κ3) is 9.72. The topological polar surface area (TPSA) is 54.1 Å². The molecule has 1 N–H and O–H groups in total. The van der Waals surface area contributed by atoms with E-state index in [-0.39, 0.29) is 48.9 Å². The summed E-state index contributed by atoms with van der Waals surface area (Å²) in [5, 5.41) is 15.8. The summed E-state index contributed by atoms with van der Waals surface area (Å²) in [6, 6.07) is 21.0. The Balaban J connectivity index is 0.000000361. The molecule has 0 amide bonds. The number of fused-ring (bicyclic) bond motifs is 2. The first-order valence-corrected chi connectivity index (χ1v) is 18.8. The Labute approximate surface area is 318 Å².